The molecule has 0 amide bonds. The molecule has 1 heterocycles. The van der Waals surface area contributed by atoms with Crippen molar-refractivity contribution in [2.45, 2.75) is 64.1 Å². The van der Waals surface area contributed by atoms with E-state index in [-0.39, 0.29) is 35.6 Å². The first-order valence-corrected chi connectivity index (χ1v) is 16.1. The van der Waals surface area contributed by atoms with E-state index in [9.17, 15) is 15.0 Å². The van der Waals surface area contributed by atoms with Gasteiger partial charge in [0.15, 0.2) is 0 Å². The molecule has 44 heavy (non-hydrogen) atoms. The van der Waals surface area contributed by atoms with E-state index in [2.05, 4.69) is 32.1 Å². The fourth-order valence-corrected chi connectivity index (χ4v) is 9.95. The normalized spacial score (nSPS) is 34.0. The molecule has 1 aromatic heterocycles. The molecule has 7 unspecified atom stereocenters. The summed E-state index contributed by atoms with van der Waals surface area (Å²) in [5, 5.41) is 31.0. The molecule has 226 valence electrons. The Morgan fingerprint density at radius 2 is 1.80 bits per heavy atom. The summed E-state index contributed by atoms with van der Waals surface area (Å²) in [6, 6.07) is 24.1. The quantitative estimate of drug-likeness (QED) is 0.276. The number of nitrogens with zero attached hydrogens (tertiary/aromatic N) is 2. The van der Waals surface area contributed by atoms with E-state index in [0.717, 1.165) is 47.8 Å². The fourth-order valence-electron chi connectivity index (χ4n) is 9.95. The Balaban J connectivity index is 1.04. The van der Waals surface area contributed by atoms with Crippen molar-refractivity contribution in [2.75, 3.05) is 6.61 Å². The van der Waals surface area contributed by atoms with E-state index < -0.39 is 17.1 Å². The summed E-state index contributed by atoms with van der Waals surface area (Å²) in [6.45, 7) is 4.20. The van der Waals surface area contributed by atoms with Crippen LogP contribution in [-0.2, 0) is 11.2 Å². The summed E-state index contributed by atoms with van der Waals surface area (Å²) in [4.78, 5) is 13.8. The fraction of sp³-hybridized carbons (Fsp3) is 0.421. The highest BCUT2D eigenvalue weighted by molar-refractivity contribution is 5.90. The zero-order chi connectivity index (χ0) is 30.3. The minimum absolute atomic E-state index is 0.0695. The Labute approximate surface area is 258 Å². The van der Waals surface area contributed by atoms with E-state index in [4.69, 9.17) is 9.84 Å². The van der Waals surface area contributed by atoms with Crippen molar-refractivity contribution in [3.8, 4) is 11.4 Å². The lowest BCUT2D eigenvalue weighted by atomic mass is 9.45. The van der Waals surface area contributed by atoms with Crippen LogP contribution < -0.4 is 4.74 Å². The molecular weight excluding hydrogens is 548 g/mol. The minimum Gasteiger partial charge on any atom is -0.486 e. The molecule has 0 bridgehead atoms. The van der Waals surface area contributed by atoms with E-state index >= 15 is 0 Å². The van der Waals surface area contributed by atoms with Gasteiger partial charge in [-0.05, 0) is 108 Å². The van der Waals surface area contributed by atoms with E-state index in [1.165, 1.54) is 11.1 Å². The van der Waals surface area contributed by atoms with Crippen molar-refractivity contribution in [1.82, 2.24) is 9.78 Å². The summed E-state index contributed by atoms with van der Waals surface area (Å²) < 4.78 is 8.01. The zero-order valence-electron chi connectivity index (χ0n) is 25.4. The van der Waals surface area contributed by atoms with Crippen molar-refractivity contribution in [3.63, 3.8) is 0 Å². The molecule has 6 nitrogen and oxygen atoms in total. The summed E-state index contributed by atoms with van der Waals surface area (Å²) >= 11 is 0. The van der Waals surface area contributed by atoms with Gasteiger partial charge in [0.1, 0.15) is 18.0 Å². The lowest BCUT2D eigenvalue weighted by Crippen LogP contribution is -2.62. The highest BCUT2D eigenvalue weighted by Crippen LogP contribution is 2.67. The van der Waals surface area contributed by atoms with Crippen LogP contribution in [0.25, 0.3) is 22.5 Å². The molecule has 3 fully saturated rings. The molecule has 7 atom stereocenters. The van der Waals surface area contributed by atoms with Gasteiger partial charge in [0.25, 0.3) is 0 Å². The van der Waals surface area contributed by atoms with Gasteiger partial charge in [-0.3, -0.25) is 4.79 Å². The number of para-hydroxylation sites is 1. The smallest absolute Gasteiger partial charge is 0.202 e. The number of ketones is 1. The summed E-state index contributed by atoms with van der Waals surface area (Å²) in [6.07, 6.45) is 8.07. The van der Waals surface area contributed by atoms with Gasteiger partial charge in [-0.2, -0.15) is 5.10 Å². The van der Waals surface area contributed by atoms with Crippen molar-refractivity contribution < 1.29 is 19.7 Å². The Hall–Kier alpha value is -3.74. The average Bonchev–Trinajstić information content (AvgIpc) is 3.55. The molecule has 4 aliphatic rings. The monoisotopic (exact) mass is 588 g/mol. The van der Waals surface area contributed by atoms with Gasteiger partial charge in [-0.15, -0.1) is 0 Å². The lowest BCUT2D eigenvalue weighted by Gasteiger charge is -2.60. The maximum Gasteiger partial charge on any atom is 0.202 e. The zero-order valence-corrected chi connectivity index (χ0v) is 25.4. The van der Waals surface area contributed by atoms with E-state index in [0.29, 0.717) is 18.6 Å². The molecule has 2 N–H and O–H groups in total. The molecule has 4 aliphatic carbocycles. The minimum atomic E-state index is -1.52. The molecule has 0 radical (unpaired) electrons. The summed E-state index contributed by atoms with van der Waals surface area (Å²) in [5.74, 6) is 0.813. The summed E-state index contributed by atoms with van der Waals surface area (Å²) in [5.41, 5.74) is 2.39. The first kappa shape index (κ1) is 27.8. The van der Waals surface area contributed by atoms with Crippen LogP contribution in [0.15, 0.2) is 84.6 Å². The number of hydrogen-bond donors (Lipinski definition) is 2. The maximum atomic E-state index is 13.8. The number of ether oxygens (including phenoxy) is 1. The second-order valence-electron chi connectivity index (χ2n) is 14.2. The van der Waals surface area contributed by atoms with Gasteiger partial charge in [-0.1, -0.05) is 68.0 Å². The van der Waals surface area contributed by atoms with Gasteiger partial charge in [-0.25, -0.2) is 4.68 Å². The first-order valence-electron chi connectivity index (χ1n) is 16.1. The molecule has 6 heteroatoms. The third-order valence-electron chi connectivity index (χ3n) is 12.1. The molecule has 3 saturated carbocycles. The van der Waals surface area contributed by atoms with Crippen molar-refractivity contribution in [3.05, 3.63) is 95.8 Å². The number of benzene rings is 3. The number of carbonyl (C=O) groups excluding carboxylic acids is 1. The number of aliphatic hydroxyl groups excluding tert-OH is 1. The molecule has 3 aromatic carbocycles. The van der Waals surface area contributed by atoms with Crippen molar-refractivity contribution in [1.29, 1.82) is 0 Å². The van der Waals surface area contributed by atoms with Crippen LogP contribution in [0.3, 0.4) is 0 Å². The summed E-state index contributed by atoms with van der Waals surface area (Å²) in [7, 11) is 0. The Kier molecular flexibility index (Phi) is 6.24. The van der Waals surface area contributed by atoms with Gasteiger partial charge < -0.3 is 14.9 Å². The Morgan fingerprint density at radius 3 is 2.61 bits per heavy atom. The molecular formula is C38H40N2O4. The highest BCUT2D eigenvalue weighted by atomic mass is 16.5. The molecule has 4 aromatic rings. The Morgan fingerprint density at radius 1 is 1.02 bits per heavy atom. The third-order valence-corrected chi connectivity index (χ3v) is 12.1. The van der Waals surface area contributed by atoms with Crippen LogP contribution in [-0.4, -0.2) is 44.1 Å². The lowest BCUT2D eigenvalue weighted by molar-refractivity contribution is -0.180. The largest absolute Gasteiger partial charge is 0.486 e. The van der Waals surface area contributed by atoms with Gasteiger partial charge in [0.05, 0.1) is 23.7 Å². The van der Waals surface area contributed by atoms with Gasteiger partial charge in [0.2, 0.25) is 5.78 Å². The number of carbonyl (C=O) groups is 1. The number of aromatic nitrogens is 2. The average molecular weight is 589 g/mol. The SMILES string of the molecule is CC12Cc3cnn(-c4ccccc4)c3C=C1CCC1C2C(O)CC2(C)C1CCC2(O)C(=O)COc1ccc2ccccc2c1. The molecule has 0 aliphatic heterocycles. The van der Waals surface area contributed by atoms with E-state index in [1.807, 2.05) is 71.5 Å². The molecule has 0 saturated heterocycles. The van der Waals surface area contributed by atoms with Crippen molar-refractivity contribution >= 4 is 22.6 Å². The molecule has 8 rings (SSSR count). The second-order valence-corrected chi connectivity index (χ2v) is 14.2. The maximum absolute atomic E-state index is 13.8. The predicted octanol–water partition coefficient (Wildman–Crippen LogP) is 6.56. The number of fused-ring (bicyclic) bond motifs is 7. The van der Waals surface area contributed by atoms with Crippen LogP contribution in [0.1, 0.15) is 57.2 Å². The number of allylic oxidation sites excluding steroid dienone is 1. The van der Waals surface area contributed by atoms with Gasteiger partial charge in [0, 0.05) is 5.41 Å². The topological polar surface area (TPSA) is 84.6 Å². The van der Waals surface area contributed by atoms with Crippen LogP contribution in [0.5, 0.6) is 5.75 Å². The van der Waals surface area contributed by atoms with Gasteiger partial charge >= 0.3 is 0 Å². The predicted molar refractivity (Wildman–Crippen MR) is 170 cm³/mol. The third kappa shape index (κ3) is 3.93. The highest BCUT2D eigenvalue weighted by Gasteiger charge is 2.68. The molecule has 0 spiro atoms. The van der Waals surface area contributed by atoms with Crippen molar-refractivity contribution in [2.24, 2.45) is 28.6 Å². The first-order chi connectivity index (χ1) is 21.2. The van der Waals surface area contributed by atoms with Crippen LogP contribution >= 0.6 is 0 Å². The number of hydrogen-bond acceptors (Lipinski definition) is 5. The van der Waals surface area contributed by atoms with Crippen LogP contribution in [0, 0.1) is 28.6 Å². The Bertz CT molecular complexity index is 1790. The van der Waals surface area contributed by atoms with Crippen LogP contribution in [0.2, 0.25) is 0 Å². The second kappa shape index (κ2) is 9.88. The number of aliphatic hydroxyl groups is 2. The van der Waals surface area contributed by atoms with E-state index in [1.54, 1.807) is 0 Å². The number of rotatable bonds is 5. The number of Topliss-reactive ketones (excluding diaryl/α,β-unsaturated/α-hetero) is 1. The standard InChI is InChI=1S/C38H40N2O4/c1-36-20-26-22-39-40(28-10-4-3-5-11-28)32(26)19-27(36)13-15-30-31-16-17-38(43,37(31,2)21-33(41)35(30)36)34(42)23-44-29-14-12-24-8-6-7-9-25(24)18-29/h3-12,14,18-19,22,30-31,33,35,41,43H,13,15-17,20-21,23H2,1-2H3. The van der Waals surface area contributed by atoms with Crippen LogP contribution in [0.4, 0.5) is 0 Å².